The zero-order chi connectivity index (χ0) is 22.8. The first-order chi connectivity index (χ1) is 16.1. The quantitative estimate of drug-likeness (QED) is 0.490. The molecule has 3 heterocycles. The molecule has 172 valence electrons. The summed E-state index contributed by atoms with van der Waals surface area (Å²) in [4.78, 5) is 30.7. The summed E-state index contributed by atoms with van der Waals surface area (Å²) in [5.41, 5.74) is 1.51. The van der Waals surface area contributed by atoms with Gasteiger partial charge in [-0.1, -0.05) is 37.1 Å². The highest BCUT2D eigenvalue weighted by Gasteiger charge is 2.47. The second-order valence-corrected chi connectivity index (χ2v) is 10.2. The second-order valence-electron chi connectivity index (χ2n) is 9.20. The fraction of sp³-hybridized carbons (Fsp3) is 0.407. The Morgan fingerprint density at radius 1 is 1.15 bits per heavy atom. The van der Waals surface area contributed by atoms with Gasteiger partial charge in [-0.2, -0.15) is 0 Å². The number of hydrogen-bond acceptors (Lipinski definition) is 4. The number of nitrogens with zero attached hydrogens (tertiary/aromatic N) is 1. The van der Waals surface area contributed by atoms with Crippen molar-refractivity contribution in [3.63, 3.8) is 0 Å². The molecule has 1 fully saturated rings. The third kappa shape index (κ3) is 4.36. The normalized spacial score (nSPS) is 21.7. The molecule has 0 radical (unpaired) electrons. The number of furan rings is 1. The number of rotatable bonds is 7. The Labute approximate surface area is 198 Å². The molecule has 2 aliphatic rings. The van der Waals surface area contributed by atoms with E-state index in [2.05, 4.69) is 11.4 Å². The van der Waals surface area contributed by atoms with Gasteiger partial charge in [0.25, 0.3) is 5.91 Å². The molecule has 1 saturated carbocycles. The van der Waals surface area contributed by atoms with Gasteiger partial charge in [0.15, 0.2) is 0 Å². The minimum absolute atomic E-state index is 0.00342. The summed E-state index contributed by atoms with van der Waals surface area (Å²) in [6, 6.07) is 15.5. The van der Waals surface area contributed by atoms with Crippen LogP contribution in [0.1, 0.15) is 77.5 Å². The molecule has 1 aromatic carbocycles. The lowest BCUT2D eigenvalue weighted by atomic mass is 9.80. The Morgan fingerprint density at radius 2 is 1.97 bits per heavy atom. The third-order valence-corrected chi connectivity index (χ3v) is 7.95. The van der Waals surface area contributed by atoms with Gasteiger partial charge in [0.05, 0.1) is 18.2 Å². The van der Waals surface area contributed by atoms with Crippen LogP contribution in [0.5, 0.6) is 0 Å². The Morgan fingerprint density at radius 3 is 2.70 bits per heavy atom. The molecule has 3 aromatic rings. The molecular weight excluding hydrogens is 432 g/mol. The Bertz CT molecular complexity index is 1090. The van der Waals surface area contributed by atoms with Gasteiger partial charge in [0.2, 0.25) is 5.91 Å². The number of thiophene rings is 1. The van der Waals surface area contributed by atoms with Crippen LogP contribution in [0.4, 0.5) is 0 Å². The molecule has 3 atom stereocenters. The molecule has 2 aromatic heterocycles. The standard InChI is InChI=1S/C27H30N2O3S/c1-18(14-15-20-10-6-16-32-20)28-26(30)24-21-11-4-5-12-22(21)27(31)29(19-8-2-3-9-19)25(24)23-13-7-17-33-23/h4-7,10-13,16-19,24-25H,2-3,8-9,14-15H2,1H3,(H,28,30)/t18-,24+,25-/m1/s1. The summed E-state index contributed by atoms with van der Waals surface area (Å²) in [5, 5.41) is 5.29. The van der Waals surface area contributed by atoms with Gasteiger partial charge in [0.1, 0.15) is 5.76 Å². The number of fused-ring (bicyclic) bond motifs is 1. The van der Waals surface area contributed by atoms with E-state index in [0.29, 0.717) is 5.56 Å². The highest BCUT2D eigenvalue weighted by molar-refractivity contribution is 7.10. The summed E-state index contributed by atoms with van der Waals surface area (Å²) >= 11 is 1.63. The average molecular weight is 463 g/mol. The van der Waals surface area contributed by atoms with E-state index in [-0.39, 0.29) is 29.9 Å². The number of carbonyl (C=O) groups is 2. The summed E-state index contributed by atoms with van der Waals surface area (Å²) in [7, 11) is 0. The fourth-order valence-electron chi connectivity index (χ4n) is 5.40. The van der Waals surface area contributed by atoms with Crippen LogP contribution in [0.15, 0.2) is 64.6 Å². The van der Waals surface area contributed by atoms with E-state index < -0.39 is 5.92 Å². The van der Waals surface area contributed by atoms with Crippen LogP contribution >= 0.6 is 11.3 Å². The predicted molar refractivity (Wildman–Crippen MR) is 129 cm³/mol. The lowest BCUT2D eigenvalue weighted by molar-refractivity contribution is -0.125. The van der Waals surface area contributed by atoms with Crippen LogP contribution in [0.25, 0.3) is 0 Å². The third-order valence-electron chi connectivity index (χ3n) is 7.00. The van der Waals surface area contributed by atoms with Gasteiger partial charge in [-0.25, -0.2) is 0 Å². The van der Waals surface area contributed by atoms with Crippen molar-refractivity contribution in [3.8, 4) is 0 Å². The first-order valence-electron chi connectivity index (χ1n) is 11.9. The summed E-state index contributed by atoms with van der Waals surface area (Å²) in [6.07, 6.45) is 7.52. The lowest BCUT2D eigenvalue weighted by Gasteiger charge is -2.44. The van der Waals surface area contributed by atoms with Crippen molar-refractivity contribution in [3.05, 3.63) is 81.9 Å². The first kappa shape index (κ1) is 22.0. The maximum Gasteiger partial charge on any atom is 0.254 e. The van der Waals surface area contributed by atoms with Crippen molar-refractivity contribution < 1.29 is 14.0 Å². The molecule has 1 aliphatic heterocycles. The SMILES string of the molecule is C[C@H](CCc1ccco1)NC(=O)[C@H]1c2ccccc2C(=O)N(C2CCCC2)[C@@H]1c1cccs1. The van der Waals surface area contributed by atoms with Crippen LogP contribution in [-0.2, 0) is 11.2 Å². The van der Waals surface area contributed by atoms with Crippen LogP contribution in [0.2, 0.25) is 0 Å². The van der Waals surface area contributed by atoms with Crippen molar-refractivity contribution in [1.29, 1.82) is 0 Å². The van der Waals surface area contributed by atoms with E-state index in [1.165, 1.54) is 0 Å². The summed E-state index contributed by atoms with van der Waals surface area (Å²) in [6.45, 7) is 2.04. The number of aryl methyl sites for hydroxylation is 1. The van der Waals surface area contributed by atoms with E-state index in [1.54, 1.807) is 17.6 Å². The van der Waals surface area contributed by atoms with Crippen LogP contribution < -0.4 is 5.32 Å². The topological polar surface area (TPSA) is 62.6 Å². The number of benzene rings is 1. The molecule has 33 heavy (non-hydrogen) atoms. The van der Waals surface area contributed by atoms with Crippen molar-refractivity contribution in [2.45, 2.75) is 69.5 Å². The molecule has 1 aliphatic carbocycles. The smallest absolute Gasteiger partial charge is 0.254 e. The number of carbonyl (C=O) groups excluding carboxylic acids is 2. The molecule has 6 heteroatoms. The van der Waals surface area contributed by atoms with Gasteiger partial charge < -0.3 is 14.6 Å². The lowest BCUT2D eigenvalue weighted by Crippen LogP contribution is -2.51. The Hall–Kier alpha value is -2.86. The first-order valence-corrected chi connectivity index (χ1v) is 12.8. The highest BCUT2D eigenvalue weighted by Crippen LogP contribution is 2.47. The zero-order valence-corrected chi connectivity index (χ0v) is 19.7. The molecular formula is C27H30N2O3S. The van der Waals surface area contributed by atoms with Crippen LogP contribution in [0, 0.1) is 0 Å². The van der Waals surface area contributed by atoms with E-state index in [0.717, 1.165) is 54.7 Å². The second kappa shape index (κ2) is 9.56. The highest BCUT2D eigenvalue weighted by atomic mass is 32.1. The van der Waals surface area contributed by atoms with Crippen molar-refractivity contribution in [2.24, 2.45) is 0 Å². The predicted octanol–water partition coefficient (Wildman–Crippen LogP) is 5.70. The number of hydrogen-bond donors (Lipinski definition) is 1. The largest absolute Gasteiger partial charge is 0.469 e. The van der Waals surface area contributed by atoms with Crippen molar-refractivity contribution >= 4 is 23.2 Å². The molecule has 1 N–H and O–H groups in total. The zero-order valence-electron chi connectivity index (χ0n) is 18.9. The van der Waals surface area contributed by atoms with E-state index in [1.807, 2.05) is 59.7 Å². The summed E-state index contributed by atoms with van der Waals surface area (Å²) < 4.78 is 5.45. The van der Waals surface area contributed by atoms with Crippen molar-refractivity contribution in [1.82, 2.24) is 10.2 Å². The maximum absolute atomic E-state index is 13.8. The monoisotopic (exact) mass is 462 g/mol. The molecule has 2 amide bonds. The Kier molecular flexibility index (Phi) is 6.36. The van der Waals surface area contributed by atoms with Gasteiger partial charge in [-0.15, -0.1) is 11.3 Å². The molecule has 0 bridgehead atoms. The van der Waals surface area contributed by atoms with Gasteiger partial charge >= 0.3 is 0 Å². The van der Waals surface area contributed by atoms with Crippen LogP contribution in [-0.4, -0.2) is 28.8 Å². The molecule has 5 rings (SSSR count). The van der Waals surface area contributed by atoms with E-state index >= 15 is 0 Å². The van der Waals surface area contributed by atoms with E-state index in [4.69, 9.17) is 4.42 Å². The number of amides is 2. The summed E-state index contributed by atoms with van der Waals surface area (Å²) in [5.74, 6) is 0.548. The van der Waals surface area contributed by atoms with E-state index in [9.17, 15) is 9.59 Å². The molecule has 0 spiro atoms. The Balaban J connectivity index is 1.47. The van der Waals surface area contributed by atoms with Gasteiger partial charge in [-0.3, -0.25) is 9.59 Å². The number of nitrogens with one attached hydrogen (secondary N) is 1. The van der Waals surface area contributed by atoms with Crippen LogP contribution in [0.3, 0.4) is 0 Å². The average Bonchev–Trinajstić information content (AvgIpc) is 3.61. The maximum atomic E-state index is 13.8. The molecule has 5 nitrogen and oxygen atoms in total. The molecule has 0 saturated heterocycles. The minimum atomic E-state index is -0.427. The fourth-order valence-corrected chi connectivity index (χ4v) is 6.26. The van der Waals surface area contributed by atoms with Gasteiger partial charge in [-0.05, 0) is 61.4 Å². The van der Waals surface area contributed by atoms with Crippen molar-refractivity contribution in [2.75, 3.05) is 0 Å². The minimum Gasteiger partial charge on any atom is -0.469 e. The van der Waals surface area contributed by atoms with Gasteiger partial charge in [0, 0.05) is 28.9 Å². The molecule has 0 unspecified atom stereocenters.